The number of nitrogens with one attached hydrogen (secondary N) is 1. The summed E-state index contributed by atoms with van der Waals surface area (Å²) in [4.78, 5) is 27.8. The van der Waals surface area contributed by atoms with Crippen LogP contribution in [0.2, 0.25) is 0 Å². The first-order chi connectivity index (χ1) is 8.11. The fourth-order valence-electron chi connectivity index (χ4n) is 2.91. The molecule has 94 valence electrons. The SMILES string of the molecule is C[C@@]1(C2CC2)NC(=O)N(CN2CCCC2)C1=O. The van der Waals surface area contributed by atoms with Crippen molar-refractivity contribution in [2.24, 2.45) is 5.92 Å². The summed E-state index contributed by atoms with van der Waals surface area (Å²) in [5.41, 5.74) is -0.628. The molecule has 0 radical (unpaired) electrons. The molecular formula is C12H19N3O2. The molecule has 3 fully saturated rings. The Morgan fingerprint density at radius 1 is 1.29 bits per heavy atom. The highest BCUT2D eigenvalue weighted by atomic mass is 16.2. The first-order valence-corrected chi connectivity index (χ1v) is 6.48. The maximum absolute atomic E-state index is 12.3. The van der Waals surface area contributed by atoms with Gasteiger partial charge in [0, 0.05) is 0 Å². The van der Waals surface area contributed by atoms with Crippen LogP contribution in [-0.4, -0.2) is 47.0 Å². The third-order valence-electron chi connectivity index (χ3n) is 4.24. The zero-order chi connectivity index (χ0) is 12.0. The van der Waals surface area contributed by atoms with Crippen molar-refractivity contribution in [3.8, 4) is 0 Å². The lowest BCUT2D eigenvalue weighted by Gasteiger charge is -2.23. The normalized spacial score (nSPS) is 34.5. The molecule has 3 rings (SSSR count). The first kappa shape index (κ1) is 11.0. The minimum atomic E-state index is -0.628. The number of carbonyl (C=O) groups is 2. The Labute approximate surface area is 101 Å². The second-order valence-corrected chi connectivity index (χ2v) is 5.61. The molecule has 5 nitrogen and oxygen atoms in total. The van der Waals surface area contributed by atoms with Crippen LogP contribution in [0.25, 0.3) is 0 Å². The molecule has 1 aliphatic carbocycles. The smallest absolute Gasteiger partial charge is 0.323 e. The van der Waals surface area contributed by atoms with Gasteiger partial charge < -0.3 is 5.32 Å². The van der Waals surface area contributed by atoms with Gasteiger partial charge in [-0.05, 0) is 51.6 Å². The van der Waals surface area contributed by atoms with E-state index in [-0.39, 0.29) is 11.9 Å². The van der Waals surface area contributed by atoms with Crippen molar-refractivity contribution in [2.75, 3.05) is 19.8 Å². The van der Waals surface area contributed by atoms with Crippen LogP contribution in [0.3, 0.4) is 0 Å². The number of nitrogens with zero attached hydrogens (tertiary/aromatic N) is 2. The zero-order valence-electron chi connectivity index (χ0n) is 10.2. The Bertz CT molecular complexity index is 361. The average molecular weight is 237 g/mol. The predicted molar refractivity (Wildman–Crippen MR) is 62.2 cm³/mol. The third-order valence-corrected chi connectivity index (χ3v) is 4.24. The van der Waals surface area contributed by atoms with Gasteiger partial charge in [-0.25, -0.2) is 9.69 Å². The van der Waals surface area contributed by atoms with Crippen molar-refractivity contribution in [1.29, 1.82) is 0 Å². The van der Waals surface area contributed by atoms with Crippen molar-refractivity contribution in [1.82, 2.24) is 15.1 Å². The van der Waals surface area contributed by atoms with Gasteiger partial charge in [0.1, 0.15) is 5.54 Å². The molecule has 1 saturated carbocycles. The van der Waals surface area contributed by atoms with Gasteiger partial charge in [0.05, 0.1) is 6.67 Å². The molecule has 0 aromatic heterocycles. The van der Waals surface area contributed by atoms with Crippen LogP contribution in [-0.2, 0) is 4.79 Å². The number of likely N-dealkylation sites (tertiary alicyclic amines) is 1. The molecule has 1 atom stereocenters. The number of hydrogen-bond acceptors (Lipinski definition) is 3. The van der Waals surface area contributed by atoms with E-state index in [1.807, 2.05) is 6.92 Å². The van der Waals surface area contributed by atoms with Crippen molar-refractivity contribution in [3.63, 3.8) is 0 Å². The Balaban J connectivity index is 1.72. The highest BCUT2D eigenvalue weighted by Crippen LogP contribution is 2.42. The van der Waals surface area contributed by atoms with Gasteiger partial charge in [0.25, 0.3) is 5.91 Å². The summed E-state index contributed by atoms with van der Waals surface area (Å²) in [5.74, 6) is 0.319. The fourth-order valence-corrected chi connectivity index (χ4v) is 2.91. The molecule has 0 aromatic rings. The second-order valence-electron chi connectivity index (χ2n) is 5.61. The van der Waals surface area contributed by atoms with Crippen LogP contribution in [0.15, 0.2) is 0 Å². The molecule has 0 spiro atoms. The zero-order valence-corrected chi connectivity index (χ0v) is 10.2. The summed E-state index contributed by atoms with van der Waals surface area (Å²) >= 11 is 0. The van der Waals surface area contributed by atoms with E-state index in [1.165, 1.54) is 17.7 Å². The molecule has 0 aromatic carbocycles. The van der Waals surface area contributed by atoms with E-state index in [0.29, 0.717) is 12.6 Å². The summed E-state index contributed by atoms with van der Waals surface area (Å²) in [5, 5.41) is 2.88. The molecule has 2 saturated heterocycles. The van der Waals surface area contributed by atoms with Crippen molar-refractivity contribution in [2.45, 2.75) is 38.1 Å². The summed E-state index contributed by atoms with van der Waals surface area (Å²) in [6.45, 7) is 4.33. The van der Waals surface area contributed by atoms with Crippen molar-refractivity contribution >= 4 is 11.9 Å². The molecule has 3 aliphatic rings. The maximum Gasteiger partial charge on any atom is 0.326 e. The van der Waals surface area contributed by atoms with Crippen LogP contribution in [0.1, 0.15) is 32.6 Å². The Morgan fingerprint density at radius 3 is 2.53 bits per heavy atom. The highest BCUT2D eigenvalue weighted by Gasteiger charge is 2.56. The Morgan fingerprint density at radius 2 is 1.94 bits per heavy atom. The minimum Gasteiger partial charge on any atom is -0.323 e. The first-order valence-electron chi connectivity index (χ1n) is 6.48. The highest BCUT2D eigenvalue weighted by molar-refractivity contribution is 6.07. The largest absolute Gasteiger partial charge is 0.326 e. The van der Waals surface area contributed by atoms with E-state index >= 15 is 0 Å². The number of rotatable bonds is 3. The van der Waals surface area contributed by atoms with Crippen molar-refractivity contribution in [3.05, 3.63) is 0 Å². The molecule has 3 amide bonds. The molecule has 17 heavy (non-hydrogen) atoms. The number of urea groups is 1. The van der Waals surface area contributed by atoms with Crippen LogP contribution in [0, 0.1) is 5.92 Å². The van der Waals surface area contributed by atoms with E-state index < -0.39 is 5.54 Å². The lowest BCUT2D eigenvalue weighted by atomic mass is 9.96. The van der Waals surface area contributed by atoms with Crippen LogP contribution in [0.4, 0.5) is 4.79 Å². The molecule has 5 heteroatoms. The lowest BCUT2D eigenvalue weighted by Crippen LogP contribution is -2.47. The molecule has 0 bridgehead atoms. The third kappa shape index (κ3) is 1.73. The minimum absolute atomic E-state index is 0.0306. The fraction of sp³-hybridized carbons (Fsp3) is 0.833. The van der Waals surface area contributed by atoms with E-state index in [1.54, 1.807) is 0 Å². The average Bonchev–Trinajstić information content (AvgIpc) is 2.99. The van der Waals surface area contributed by atoms with Gasteiger partial charge in [0.2, 0.25) is 0 Å². The quantitative estimate of drug-likeness (QED) is 0.737. The Kier molecular flexibility index (Phi) is 2.40. The van der Waals surface area contributed by atoms with Crippen molar-refractivity contribution < 1.29 is 9.59 Å². The van der Waals surface area contributed by atoms with E-state index in [0.717, 1.165) is 25.9 Å². The van der Waals surface area contributed by atoms with E-state index in [4.69, 9.17) is 0 Å². The summed E-state index contributed by atoms with van der Waals surface area (Å²) in [7, 11) is 0. The van der Waals surface area contributed by atoms with Crippen LogP contribution in [0.5, 0.6) is 0 Å². The van der Waals surface area contributed by atoms with Gasteiger partial charge in [-0.2, -0.15) is 0 Å². The predicted octanol–water partition coefficient (Wildman–Crippen LogP) is 0.760. The molecular weight excluding hydrogens is 218 g/mol. The standard InChI is InChI=1S/C12H19N3O2/c1-12(9-4-5-9)10(16)15(11(17)13-12)8-14-6-2-3-7-14/h9H,2-8H2,1H3,(H,13,17)/t12-/m0/s1. The van der Waals surface area contributed by atoms with Gasteiger partial charge in [-0.15, -0.1) is 0 Å². The number of imide groups is 1. The van der Waals surface area contributed by atoms with Gasteiger partial charge in [-0.3, -0.25) is 9.69 Å². The van der Waals surface area contributed by atoms with E-state index in [9.17, 15) is 9.59 Å². The topological polar surface area (TPSA) is 52.7 Å². The summed E-state index contributed by atoms with van der Waals surface area (Å²) in [6, 6.07) is -0.212. The molecule has 2 aliphatic heterocycles. The van der Waals surface area contributed by atoms with Gasteiger partial charge in [-0.1, -0.05) is 0 Å². The lowest BCUT2D eigenvalue weighted by molar-refractivity contribution is -0.132. The molecule has 1 N–H and O–H groups in total. The number of hydrogen-bond donors (Lipinski definition) is 1. The van der Waals surface area contributed by atoms with Crippen LogP contribution < -0.4 is 5.32 Å². The maximum atomic E-state index is 12.3. The van der Waals surface area contributed by atoms with E-state index in [2.05, 4.69) is 10.2 Å². The van der Waals surface area contributed by atoms with Gasteiger partial charge >= 0.3 is 6.03 Å². The number of carbonyl (C=O) groups excluding carboxylic acids is 2. The second kappa shape index (κ2) is 3.70. The Hall–Kier alpha value is -1.10. The molecule has 2 heterocycles. The van der Waals surface area contributed by atoms with Crippen LogP contribution >= 0.6 is 0 Å². The number of amides is 3. The van der Waals surface area contributed by atoms with Gasteiger partial charge in [0.15, 0.2) is 0 Å². The monoisotopic (exact) mass is 237 g/mol. The molecule has 0 unspecified atom stereocenters. The summed E-state index contributed by atoms with van der Waals surface area (Å²) in [6.07, 6.45) is 4.45. The summed E-state index contributed by atoms with van der Waals surface area (Å²) < 4.78 is 0.